The molecule has 1 aromatic rings. The van der Waals surface area contributed by atoms with Crippen LogP contribution in [0.15, 0.2) is 42.0 Å². The second kappa shape index (κ2) is 12.3. The van der Waals surface area contributed by atoms with E-state index in [-0.39, 0.29) is 41.4 Å². The van der Waals surface area contributed by atoms with E-state index >= 15 is 0 Å². The van der Waals surface area contributed by atoms with E-state index in [0.717, 1.165) is 20.0 Å². The minimum Gasteiger partial charge on any atom is -0.455 e. The maximum atomic E-state index is 14.9. The van der Waals surface area contributed by atoms with Crippen LogP contribution in [0.4, 0.5) is 13.2 Å². The maximum Gasteiger partial charge on any atom is 0.432 e. The van der Waals surface area contributed by atoms with E-state index < -0.39 is 54.7 Å². The van der Waals surface area contributed by atoms with Crippen molar-refractivity contribution >= 4 is 14.3 Å². The number of hydrogen-bond acceptors (Lipinski definition) is 6. The van der Waals surface area contributed by atoms with E-state index in [2.05, 4.69) is 33.9 Å². The first-order chi connectivity index (χ1) is 21.0. The third-order valence-electron chi connectivity index (χ3n) is 12.7. The molecule has 4 rings (SSSR count). The van der Waals surface area contributed by atoms with Crippen molar-refractivity contribution in [2.45, 2.75) is 128 Å². The number of aliphatic hydroxyl groups is 2. The number of halogens is 3. The number of carbonyl (C=O) groups excluding carboxylic acids is 1. The lowest BCUT2D eigenvalue weighted by Gasteiger charge is -2.68. The summed E-state index contributed by atoms with van der Waals surface area (Å²) in [6.45, 7) is 18.8. The van der Waals surface area contributed by atoms with Gasteiger partial charge >= 0.3 is 12.1 Å². The van der Waals surface area contributed by atoms with Crippen LogP contribution >= 0.6 is 0 Å². The Morgan fingerprint density at radius 3 is 2.22 bits per heavy atom. The highest BCUT2D eigenvalue weighted by atomic mass is 28.4. The van der Waals surface area contributed by atoms with Gasteiger partial charge in [0.25, 0.3) is 5.60 Å². The van der Waals surface area contributed by atoms with Crippen LogP contribution in [0, 0.1) is 28.6 Å². The molecule has 2 N–H and O–H groups in total. The molecule has 46 heavy (non-hydrogen) atoms. The normalized spacial score (nSPS) is 35.5. The number of benzene rings is 1. The summed E-state index contributed by atoms with van der Waals surface area (Å²) in [4.78, 5) is 14.0. The van der Waals surface area contributed by atoms with Crippen molar-refractivity contribution < 1.29 is 42.1 Å². The first kappa shape index (κ1) is 37.1. The van der Waals surface area contributed by atoms with Gasteiger partial charge in [0.05, 0.1) is 12.7 Å². The van der Waals surface area contributed by atoms with Crippen LogP contribution in [0.2, 0.25) is 18.1 Å². The molecule has 3 aliphatic rings. The second-order valence-corrected chi connectivity index (χ2v) is 21.2. The molecular formula is C36H55F3O6Si. The van der Waals surface area contributed by atoms with Crippen molar-refractivity contribution in [1.82, 2.24) is 0 Å². The Labute approximate surface area is 274 Å². The molecule has 260 valence electrons. The number of aliphatic hydroxyl groups excluding tert-OH is 1. The highest BCUT2D eigenvalue weighted by Gasteiger charge is 2.70. The van der Waals surface area contributed by atoms with Crippen LogP contribution in [0.1, 0.15) is 86.1 Å². The Balaban J connectivity index is 1.80. The fourth-order valence-electron chi connectivity index (χ4n) is 8.91. The molecule has 1 aromatic carbocycles. The van der Waals surface area contributed by atoms with Crippen molar-refractivity contribution in [1.29, 1.82) is 0 Å². The number of alkyl halides is 3. The molecule has 0 unspecified atom stereocenters. The monoisotopic (exact) mass is 668 g/mol. The summed E-state index contributed by atoms with van der Waals surface area (Å²) in [5, 5.41) is 24.0. The van der Waals surface area contributed by atoms with Crippen LogP contribution in [-0.2, 0) is 24.3 Å². The standard InChI is InChI=1S/C36H55F3O6Si/c1-23-25(17-20-44-46(9,10)31(2,3)4)28(45-30(41)34(43-8,36(37,38)39)24-15-12-11-13-16-24)22-27-26(23)21-29(40)35(42)32(5,6)18-14-19-33(27,35)7/h11-13,15-17,23,26-29,40,42H,14,18-22H2,1-10H3/b25-17-/t23-,26-,27-,28+,29+,33+,34+,35+/m0/s1. The first-order valence-electron chi connectivity index (χ1n) is 16.6. The van der Waals surface area contributed by atoms with Gasteiger partial charge < -0.3 is 24.1 Å². The number of fused-ring (bicyclic) bond motifs is 3. The van der Waals surface area contributed by atoms with Gasteiger partial charge in [-0.1, -0.05) is 91.3 Å². The molecule has 0 amide bonds. The largest absolute Gasteiger partial charge is 0.455 e. The fraction of sp³-hybridized carbons (Fsp3) is 0.750. The molecule has 3 aliphatic carbocycles. The third kappa shape index (κ3) is 5.71. The van der Waals surface area contributed by atoms with Crippen molar-refractivity contribution in [3.63, 3.8) is 0 Å². The lowest BCUT2D eigenvalue weighted by molar-refractivity contribution is -0.295. The molecule has 0 bridgehead atoms. The zero-order valence-corrected chi connectivity index (χ0v) is 30.3. The number of ether oxygens (including phenoxy) is 2. The Morgan fingerprint density at radius 1 is 1.07 bits per heavy atom. The quantitative estimate of drug-likeness (QED) is 0.174. The van der Waals surface area contributed by atoms with Crippen molar-refractivity contribution in [3.05, 3.63) is 47.5 Å². The molecule has 0 radical (unpaired) electrons. The molecule has 3 saturated carbocycles. The summed E-state index contributed by atoms with van der Waals surface area (Å²) in [6.07, 6.45) is -2.39. The first-order valence-corrected chi connectivity index (χ1v) is 19.6. The van der Waals surface area contributed by atoms with Gasteiger partial charge in [-0.3, -0.25) is 0 Å². The van der Waals surface area contributed by atoms with Gasteiger partial charge in [-0.15, -0.1) is 0 Å². The lowest BCUT2D eigenvalue weighted by atomic mass is 9.40. The SMILES string of the molecule is CO[C@@](C(=O)O[C@@H]1C[C@H]2[C@@H](C[C@@H](O)[C@@]3(O)C(C)(C)CCC[C@]23C)[C@@H](C)/C1=C/CO[Si](C)(C)C(C)(C)C)(c1ccccc1)C(F)(F)F. The molecule has 0 aromatic heterocycles. The number of methoxy groups -OCH3 is 1. The Kier molecular flexibility index (Phi) is 9.93. The number of rotatable bonds is 7. The highest BCUT2D eigenvalue weighted by Crippen LogP contribution is 2.67. The lowest BCUT2D eigenvalue weighted by Crippen LogP contribution is -2.72. The third-order valence-corrected chi connectivity index (χ3v) is 17.2. The van der Waals surface area contributed by atoms with E-state index in [1.807, 2.05) is 33.8 Å². The maximum absolute atomic E-state index is 14.9. The van der Waals surface area contributed by atoms with E-state index in [1.165, 1.54) is 24.3 Å². The van der Waals surface area contributed by atoms with E-state index in [4.69, 9.17) is 13.9 Å². The van der Waals surface area contributed by atoms with E-state index in [1.54, 1.807) is 6.07 Å². The zero-order chi connectivity index (χ0) is 34.7. The Morgan fingerprint density at radius 2 is 1.67 bits per heavy atom. The van der Waals surface area contributed by atoms with Crippen LogP contribution in [0.3, 0.4) is 0 Å². The Bertz CT molecular complexity index is 1290. The molecule has 0 saturated heterocycles. The average Bonchev–Trinajstić information content (AvgIpc) is 2.93. The molecule has 0 heterocycles. The predicted molar refractivity (Wildman–Crippen MR) is 174 cm³/mol. The van der Waals surface area contributed by atoms with Crippen LogP contribution in [0.5, 0.6) is 0 Å². The molecular weight excluding hydrogens is 613 g/mol. The summed E-state index contributed by atoms with van der Waals surface area (Å²) >= 11 is 0. The fourth-order valence-corrected chi connectivity index (χ4v) is 9.84. The second-order valence-electron chi connectivity index (χ2n) is 16.4. The van der Waals surface area contributed by atoms with Gasteiger partial charge in [0.1, 0.15) is 11.7 Å². The highest BCUT2D eigenvalue weighted by molar-refractivity contribution is 6.74. The van der Waals surface area contributed by atoms with Crippen LogP contribution in [0.25, 0.3) is 0 Å². The molecule has 6 nitrogen and oxygen atoms in total. The number of esters is 1. The van der Waals surface area contributed by atoms with Crippen molar-refractivity contribution in [3.8, 4) is 0 Å². The summed E-state index contributed by atoms with van der Waals surface area (Å²) in [5.74, 6) is -2.07. The van der Waals surface area contributed by atoms with E-state index in [9.17, 15) is 28.2 Å². The van der Waals surface area contributed by atoms with Gasteiger partial charge in [-0.2, -0.15) is 13.2 Å². The molecule has 8 atom stereocenters. The smallest absolute Gasteiger partial charge is 0.432 e. The summed E-state index contributed by atoms with van der Waals surface area (Å²) in [5.41, 5.74) is -5.74. The number of hydrogen-bond donors (Lipinski definition) is 2. The van der Waals surface area contributed by atoms with Gasteiger partial charge in [0.2, 0.25) is 0 Å². The van der Waals surface area contributed by atoms with Gasteiger partial charge in [-0.05, 0) is 72.6 Å². The van der Waals surface area contributed by atoms with Gasteiger partial charge in [-0.25, -0.2) is 4.79 Å². The van der Waals surface area contributed by atoms with E-state index in [0.29, 0.717) is 18.4 Å². The van der Waals surface area contributed by atoms with Gasteiger partial charge in [0.15, 0.2) is 8.32 Å². The Hall–Kier alpha value is -1.72. The molecule has 0 spiro atoms. The zero-order valence-electron chi connectivity index (χ0n) is 29.3. The minimum absolute atomic E-state index is 0.0541. The van der Waals surface area contributed by atoms with Crippen LogP contribution < -0.4 is 0 Å². The minimum atomic E-state index is -5.10. The predicted octanol–water partition coefficient (Wildman–Crippen LogP) is 7.93. The topological polar surface area (TPSA) is 85.2 Å². The summed E-state index contributed by atoms with van der Waals surface area (Å²) < 4.78 is 62.2. The number of carbonyl (C=O) groups is 1. The van der Waals surface area contributed by atoms with Crippen LogP contribution in [-0.4, -0.2) is 62.2 Å². The molecule has 3 fully saturated rings. The van der Waals surface area contributed by atoms with Crippen molar-refractivity contribution in [2.24, 2.45) is 28.6 Å². The van der Waals surface area contributed by atoms with Crippen molar-refractivity contribution in [2.75, 3.05) is 13.7 Å². The molecule has 0 aliphatic heterocycles. The summed E-state index contributed by atoms with van der Waals surface area (Å²) in [6, 6.07) is 6.87. The van der Waals surface area contributed by atoms with Gasteiger partial charge in [0, 0.05) is 18.1 Å². The average molecular weight is 669 g/mol. The molecule has 10 heteroatoms. The summed E-state index contributed by atoms with van der Waals surface area (Å²) in [7, 11) is -1.30.